The molecule has 0 aliphatic carbocycles. The fourth-order valence-electron chi connectivity index (χ4n) is 3.84. The van der Waals surface area contributed by atoms with E-state index in [9.17, 15) is 8.42 Å². The van der Waals surface area contributed by atoms with Crippen molar-refractivity contribution in [2.75, 3.05) is 18.0 Å². The maximum absolute atomic E-state index is 12.3. The van der Waals surface area contributed by atoms with Gasteiger partial charge >= 0.3 is 0 Å². The second kappa shape index (κ2) is 5.33. The Kier molecular flexibility index (Phi) is 3.44. The average molecular weight is 319 g/mol. The van der Waals surface area contributed by atoms with E-state index < -0.39 is 9.84 Å². The normalized spacial score (nSPS) is 30.2. The van der Waals surface area contributed by atoms with E-state index >= 15 is 0 Å². The third-order valence-electron chi connectivity index (χ3n) is 5.13. The predicted molar refractivity (Wildman–Crippen MR) is 86.4 cm³/mol. The highest BCUT2D eigenvalue weighted by Gasteiger charge is 2.40. The fourth-order valence-corrected chi connectivity index (χ4v) is 6.09. The number of aromatic nitrogens is 2. The van der Waals surface area contributed by atoms with E-state index in [4.69, 9.17) is 0 Å². The van der Waals surface area contributed by atoms with Gasteiger partial charge in [0.2, 0.25) is 5.95 Å². The van der Waals surface area contributed by atoms with Gasteiger partial charge in [0.25, 0.3) is 0 Å². The zero-order valence-electron chi connectivity index (χ0n) is 12.6. The molecule has 4 heterocycles. The number of fused-ring (bicyclic) bond motifs is 2. The molecular formula is C16H21N3O2S. The van der Waals surface area contributed by atoms with Crippen LogP contribution in [0.15, 0.2) is 18.5 Å². The van der Waals surface area contributed by atoms with E-state index in [2.05, 4.69) is 14.9 Å². The maximum Gasteiger partial charge on any atom is 0.225 e. The number of allylic oxidation sites excluding steroid dienone is 1. The molecule has 0 spiro atoms. The lowest BCUT2D eigenvalue weighted by molar-refractivity contribution is 0.518. The third-order valence-corrected chi connectivity index (χ3v) is 7.68. The molecule has 0 aromatic carbocycles. The molecule has 2 bridgehead atoms. The van der Waals surface area contributed by atoms with Gasteiger partial charge in [0.05, 0.1) is 10.5 Å². The third kappa shape index (κ3) is 2.33. The summed E-state index contributed by atoms with van der Waals surface area (Å²) >= 11 is 0. The van der Waals surface area contributed by atoms with Crippen molar-refractivity contribution in [3.05, 3.63) is 24.0 Å². The Morgan fingerprint density at radius 3 is 2.45 bits per heavy atom. The van der Waals surface area contributed by atoms with Crippen molar-refractivity contribution in [2.24, 2.45) is 0 Å². The minimum atomic E-state index is -2.95. The van der Waals surface area contributed by atoms with Crippen molar-refractivity contribution < 1.29 is 8.42 Å². The molecule has 6 heteroatoms. The van der Waals surface area contributed by atoms with Gasteiger partial charge in [0, 0.05) is 31.0 Å². The lowest BCUT2D eigenvalue weighted by Crippen LogP contribution is -2.38. The molecule has 1 aromatic rings. The Morgan fingerprint density at radius 1 is 1.05 bits per heavy atom. The van der Waals surface area contributed by atoms with Crippen molar-refractivity contribution in [3.63, 3.8) is 0 Å². The fraction of sp³-hybridized carbons (Fsp3) is 0.625. The summed E-state index contributed by atoms with van der Waals surface area (Å²) in [5, 5.41) is -0.502. The minimum absolute atomic E-state index is 0.204. The van der Waals surface area contributed by atoms with Gasteiger partial charge in [-0.3, -0.25) is 0 Å². The molecule has 3 aliphatic heterocycles. The van der Waals surface area contributed by atoms with Crippen molar-refractivity contribution in [3.8, 4) is 0 Å². The van der Waals surface area contributed by atoms with Crippen LogP contribution in [-0.4, -0.2) is 42.0 Å². The number of anilines is 1. The number of rotatable bonds is 2. The molecule has 1 aromatic heterocycles. The Hall–Kier alpha value is -1.43. The van der Waals surface area contributed by atoms with Crippen LogP contribution in [0.1, 0.15) is 44.1 Å². The van der Waals surface area contributed by atoms with E-state index in [1.165, 1.54) is 12.8 Å². The Balaban J connectivity index is 1.61. The quantitative estimate of drug-likeness (QED) is 0.836. The Labute approximate surface area is 131 Å². The molecule has 0 amide bonds. The second-order valence-corrected chi connectivity index (χ2v) is 8.99. The summed E-state index contributed by atoms with van der Waals surface area (Å²) < 4.78 is 24.6. The Bertz CT molecular complexity index is 691. The van der Waals surface area contributed by atoms with Gasteiger partial charge in [-0.25, -0.2) is 18.4 Å². The molecule has 0 radical (unpaired) electrons. The number of hydrogen-bond donors (Lipinski definition) is 0. The first-order chi connectivity index (χ1) is 10.6. The molecule has 22 heavy (non-hydrogen) atoms. The van der Waals surface area contributed by atoms with Crippen molar-refractivity contribution >= 4 is 21.4 Å². The number of nitrogens with zero attached hydrogens (tertiary/aromatic N) is 3. The highest BCUT2D eigenvalue weighted by molar-refractivity contribution is 7.93. The summed E-state index contributed by atoms with van der Waals surface area (Å²) in [5.41, 5.74) is 2.09. The van der Waals surface area contributed by atoms with Crippen LogP contribution in [0, 0.1) is 0 Å². The van der Waals surface area contributed by atoms with Crippen LogP contribution in [-0.2, 0) is 9.84 Å². The monoisotopic (exact) mass is 319 g/mol. The van der Waals surface area contributed by atoms with Crippen LogP contribution in [0.3, 0.4) is 0 Å². The van der Waals surface area contributed by atoms with Crippen LogP contribution in [0.4, 0.5) is 5.95 Å². The highest BCUT2D eigenvalue weighted by Crippen LogP contribution is 2.38. The standard InChI is InChI=1S/C16H21N3O2S/c20-22(21)14-4-3-5-15(22)9-12(8-14)13-10-17-16(18-11-13)19-6-1-2-7-19/h8,10-11,14-15H,1-7,9H2. The first-order valence-electron chi connectivity index (χ1n) is 8.15. The van der Waals surface area contributed by atoms with Gasteiger partial charge in [-0.15, -0.1) is 0 Å². The van der Waals surface area contributed by atoms with Crippen molar-refractivity contribution in [1.82, 2.24) is 9.97 Å². The van der Waals surface area contributed by atoms with E-state index in [1.54, 1.807) is 0 Å². The summed E-state index contributed by atoms with van der Waals surface area (Å²) in [4.78, 5) is 11.2. The highest BCUT2D eigenvalue weighted by atomic mass is 32.2. The van der Waals surface area contributed by atoms with Crippen LogP contribution >= 0.6 is 0 Å². The smallest absolute Gasteiger partial charge is 0.225 e. The summed E-state index contributed by atoms with van der Waals surface area (Å²) in [6.07, 6.45) is 11.3. The molecule has 4 rings (SSSR count). The van der Waals surface area contributed by atoms with Crippen LogP contribution < -0.4 is 4.90 Å². The summed E-state index contributed by atoms with van der Waals surface area (Å²) in [5.74, 6) is 0.797. The first kappa shape index (κ1) is 14.2. The molecule has 118 valence electrons. The van der Waals surface area contributed by atoms with Gasteiger partial charge in [-0.05, 0) is 37.7 Å². The lowest BCUT2D eigenvalue weighted by atomic mass is 9.95. The molecule has 0 saturated carbocycles. The van der Waals surface area contributed by atoms with Crippen molar-refractivity contribution in [2.45, 2.75) is 49.0 Å². The SMILES string of the molecule is O=S1(=O)C2C=C(c3cnc(N4CCCC4)nc3)CC1CCC2. The average Bonchev–Trinajstić information content (AvgIpc) is 3.00. The van der Waals surface area contributed by atoms with Gasteiger partial charge in [-0.1, -0.05) is 12.5 Å². The molecule has 2 saturated heterocycles. The molecule has 3 aliphatic rings. The van der Waals surface area contributed by atoms with Crippen LogP contribution in [0.5, 0.6) is 0 Å². The molecule has 2 unspecified atom stereocenters. The second-order valence-electron chi connectivity index (χ2n) is 6.54. The predicted octanol–water partition coefficient (Wildman–Crippen LogP) is 2.20. The minimum Gasteiger partial charge on any atom is -0.341 e. The van der Waals surface area contributed by atoms with Crippen LogP contribution in [0.25, 0.3) is 5.57 Å². The van der Waals surface area contributed by atoms with Crippen molar-refractivity contribution in [1.29, 1.82) is 0 Å². The summed E-state index contributed by atoms with van der Waals surface area (Å²) in [6.45, 7) is 2.06. The van der Waals surface area contributed by atoms with Gasteiger partial charge in [-0.2, -0.15) is 0 Å². The Morgan fingerprint density at radius 2 is 1.77 bits per heavy atom. The topological polar surface area (TPSA) is 63.2 Å². The maximum atomic E-state index is 12.3. The molecule has 2 fully saturated rings. The largest absolute Gasteiger partial charge is 0.341 e. The van der Waals surface area contributed by atoms with E-state index in [1.807, 2.05) is 18.5 Å². The molecular weight excluding hydrogens is 298 g/mol. The van der Waals surface area contributed by atoms with Gasteiger partial charge in [0.1, 0.15) is 0 Å². The van der Waals surface area contributed by atoms with E-state index in [0.29, 0.717) is 6.42 Å². The van der Waals surface area contributed by atoms with E-state index in [0.717, 1.165) is 49.4 Å². The van der Waals surface area contributed by atoms with E-state index in [-0.39, 0.29) is 10.5 Å². The zero-order chi connectivity index (χ0) is 15.2. The first-order valence-corrected chi connectivity index (χ1v) is 9.76. The molecule has 2 atom stereocenters. The summed E-state index contributed by atoms with van der Waals surface area (Å²) in [7, 11) is -2.95. The number of sulfone groups is 1. The number of hydrogen-bond acceptors (Lipinski definition) is 5. The summed E-state index contributed by atoms with van der Waals surface area (Å²) in [6, 6.07) is 0. The van der Waals surface area contributed by atoms with Gasteiger partial charge in [0.15, 0.2) is 9.84 Å². The molecule has 5 nitrogen and oxygen atoms in total. The van der Waals surface area contributed by atoms with Crippen LogP contribution in [0.2, 0.25) is 0 Å². The zero-order valence-corrected chi connectivity index (χ0v) is 13.4. The lowest BCUT2D eigenvalue weighted by Gasteiger charge is -2.33. The molecule has 0 N–H and O–H groups in total. The van der Waals surface area contributed by atoms with Gasteiger partial charge < -0.3 is 4.90 Å².